The zero-order valence-electron chi connectivity index (χ0n) is 13.9. The Bertz CT molecular complexity index is 1080. The summed E-state index contributed by atoms with van der Waals surface area (Å²) in [5.41, 5.74) is 2.14. The molecule has 1 aromatic heterocycles. The Labute approximate surface area is 150 Å². The van der Waals surface area contributed by atoms with Crippen LogP contribution in [0.3, 0.4) is 0 Å². The normalized spacial score (nSPS) is 16.9. The van der Waals surface area contributed by atoms with Gasteiger partial charge in [0, 0.05) is 42.8 Å². The number of amides is 1. The van der Waals surface area contributed by atoms with Gasteiger partial charge >= 0.3 is 10.2 Å². The summed E-state index contributed by atoms with van der Waals surface area (Å²) in [6.45, 7) is 0.830. The quantitative estimate of drug-likeness (QED) is 0.759. The molecular weight excluding hydrogens is 356 g/mol. The lowest BCUT2D eigenvalue weighted by atomic mass is 10.2. The highest BCUT2D eigenvalue weighted by Gasteiger charge is 2.33. The SMILES string of the molecule is CN1CCN(c2ccc(C(=O)Nc3ccc4cnoc4c3)cc2)S1(=O)=O. The van der Waals surface area contributed by atoms with Crippen molar-refractivity contribution >= 4 is 38.5 Å². The van der Waals surface area contributed by atoms with Gasteiger partial charge in [-0.2, -0.15) is 12.7 Å². The van der Waals surface area contributed by atoms with Crippen LogP contribution in [0.15, 0.2) is 53.2 Å². The van der Waals surface area contributed by atoms with Crippen molar-refractivity contribution < 1.29 is 17.7 Å². The van der Waals surface area contributed by atoms with Crippen molar-refractivity contribution in [1.82, 2.24) is 9.46 Å². The van der Waals surface area contributed by atoms with Crippen molar-refractivity contribution in [1.29, 1.82) is 0 Å². The molecule has 0 atom stereocenters. The summed E-state index contributed by atoms with van der Waals surface area (Å²) in [7, 11) is -1.92. The molecule has 0 radical (unpaired) electrons. The summed E-state index contributed by atoms with van der Waals surface area (Å²) in [6.07, 6.45) is 1.60. The van der Waals surface area contributed by atoms with E-state index in [0.29, 0.717) is 35.6 Å². The first-order valence-electron chi connectivity index (χ1n) is 7.95. The molecule has 0 saturated carbocycles. The molecule has 1 amide bonds. The Balaban J connectivity index is 1.52. The van der Waals surface area contributed by atoms with Gasteiger partial charge in [0.25, 0.3) is 5.91 Å². The van der Waals surface area contributed by atoms with Crippen molar-refractivity contribution in [2.24, 2.45) is 0 Å². The molecule has 1 aliphatic heterocycles. The highest BCUT2D eigenvalue weighted by molar-refractivity contribution is 7.90. The van der Waals surface area contributed by atoms with Gasteiger partial charge in [0.15, 0.2) is 5.58 Å². The number of aromatic nitrogens is 1. The second kappa shape index (κ2) is 6.11. The van der Waals surface area contributed by atoms with Crippen molar-refractivity contribution in [3.8, 4) is 0 Å². The van der Waals surface area contributed by atoms with E-state index in [1.165, 1.54) is 8.61 Å². The minimum Gasteiger partial charge on any atom is -0.356 e. The van der Waals surface area contributed by atoms with Crippen LogP contribution in [-0.2, 0) is 10.2 Å². The molecule has 1 N–H and O–H groups in total. The molecular formula is C17H16N4O4S. The lowest BCUT2D eigenvalue weighted by molar-refractivity contribution is 0.102. The smallest absolute Gasteiger partial charge is 0.303 e. The number of hydrogen-bond donors (Lipinski definition) is 1. The number of nitrogens with zero attached hydrogens (tertiary/aromatic N) is 3. The van der Waals surface area contributed by atoms with Crippen LogP contribution in [0, 0.1) is 0 Å². The molecule has 4 rings (SSSR count). The average Bonchev–Trinajstić information content (AvgIpc) is 3.19. The van der Waals surface area contributed by atoms with E-state index in [-0.39, 0.29) is 5.91 Å². The van der Waals surface area contributed by atoms with Gasteiger partial charge in [0.1, 0.15) is 0 Å². The molecule has 0 aliphatic carbocycles. The second-order valence-corrected chi connectivity index (χ2v) is 7.94. The molecule has 0 bridgehead atoms. The topological polar surface area (TPSA) is 95.8 Å². The lowest BCUT2D eigenvalue weighted by Gasteiger charge is -2.18. The highest BCUT2D eigenvalue weighted by Crippen LogP contribution is 2.25. The van der Waals surface area contributed by atoms with Crippen LogP contribution in [0.5, 0.6) is 0 Å². The Kier molecular flexibility index (Phi) is 3.89. The number of nitrogens with one attached hydrogen (secondary N) is 1. The molecule has 0 spiro atoms. The van der Waals surface area contributed by atoms with Gasteiger partial charge in [-0.1, -0.05) is 5.16 Å². The molecule has 3 aromatic rings. The fraction of sp³-hybridized carbons (Fsp3) is 0.176. The van der Waals surface area contributed by atoms with E-state index >= 15 is 0 Å². The number of fused-ring (bicyclic) bond motifs is 1. The summed E-state index contributed by atoms with van der Waals surface area (Å²) in [5.74, 6) is -0.295. The Morgan fingerprint density at radius 3 is 2.62 bits per heavy atom. The van der Waals surface area contributed by atoms with E-state index in [2.05, 4.69) is 10.5 Å². The van der Waals surface area contributed by atoms with Gasteiger partial charge in [-0.25, -0.2) is 0 Å². The van der Waals surface area contributed by atoms with Crippen LogP contribution in [0.4, 0.5) is 11.4 Å². The van der Waals surface area contributed by atoms with Crippen LogP contribution in [0.2, 0.25) is 0 Å². The van der Waals surface area contributed by atoms with Crippen molar-refractivity contribution in [2.45, 2.75) is 0 Å². The number of rotatable bonds is 3. The number of carbonyl (C=O) groups is 1. The summed E-state index contributed by atoms with van der Waals surface area (Å²) in [6, 6.07) is 11.7. The zero-order valence-corrected chi connectivity index (χ0v) is 14.7. The van der Waals surface area contributed by atoms with E-state index < -0.39 is 10.2 Å². The van der Waals surface area contributed by atoms with Crippen molar-refractivity contribution in [2.75, 3.05) is 29.8 Å². The minimum absolute atomic E-state index is 0.295. The largest absolute Gasteiger partial charge is 0.356 e. The van der Waals surface area contributed by atoms with Crippen LogP contribution in [0.1, 0.15) is 10.4 Å². The predicted octanol–water partition coefficient (Wildman–Crippen LogP) is 2.08. The molecule has 26 heavy (non-hydrogen) atoms. The number of hydrogen-bond acceptors (Lipinski definition) is 5. The fourth-order valence-corrected chi connectivity index (χ4v) is 4.16. The third-order valence-corrected chi connectivity index (χ3v) is 6.24. The summed E-state index contributed by atoms with van der Waals surface area (Å²) in [5, 5.41) is 7.34. The van der Waals surface area contributed by atoms with Gasteiger partial charge in [-0.3, -0.25) is 9.10 Å². The average molecular weight is 372 g/mol. The maximum absolute atomic E-state index is 12.4. The maximum atomic E-state index is 12.4. The zero-order chi connectivity index (χ0) is 18.3. The van der Waals surface area contributed by atoms with Crippen LogP contribution < -0.4 is 9.62 Å². The van der Waals surface area contributed by atoms with Gasteiger partial charge in [-0.05, 0) is 36.4 Å². The van der Waals surface area contributed by atoms with Gasteiger partial charge in [0.05, 0.1) is 11.9 Å². The number of carbonyl (C=O) groups excluding carboxylic acids is 1. The van der Waals surface area contributed by atoms with E-state index in [1.54, 1.807) is 55.7 Å². The summed E-state index contributed by atoms with van der Waals surface area (Å²) < 4.78 is 32.1. The number of likely N-dealkylation sites (N-methyl/N-ethyl adjacent to an activating group) is 1. The summed E-state index contributed by atoms with van der Waals surface area (Å²) in [4.78, 5) is 12.4. The Morgan fingerprint density at radius 2 is 1.92 bits per heavy atom. The molecule has 9 heteroatoms. The molecule has 8 nitrogen and oxygen atoms in total. The maximum Gasteiger partial charge on any atom is 0.303 e. The predicted molar refractivity (Wildman–Crippen MR) is 97.3 cm³/mol. The fourth-order valence-electron chi connectivity index (χ4n) is 2.81. The highest BCUT2D eigenvalue weighted by atomic mass is 32.2. The molecule has 1 fully saturated rings. The van der Waals surface area contributed by atoms with Gasteiger partial charge < -0.3 is 9.84 Å². The molecule has 0 unspecified atom stereocenters. The first-order chi connectivity index (χ1) is 12.4. The standard InChI is InChI=1S/C17H16N4O4S/c1-20-8-9-21(26(20,23)24)15-6-3-12(4-7-15)17(22)19-14-5-2-13-11-18-25-16(13)10-14/h2-7,10-11H,8-9H2,1H3,(H,19,22). The van der Waals surface area contributed by atoms with E-state index in [0.717, 1.165) is 5.39 Å². The molecule has 1 aliphatic rings. The van der Waals surface area contributed by atoms with Crippen LogP contribution in [0.25, 0.3) is 11.0 Å². The first kappa shape index (κ1) is 16.6. The lowest BCUT2D eigenvalue weighted by Crippen LogP contribution is -2.30. The monoisotopic (exact) mass is 372 g/mol. The molecule has 1 saturated heterocycles. The summed E-state index contributed by atoms with van der Waals surface area (Å²) >= 11 is 0. The van der Waals surface area contributed by atoms with Crippen LogP contribution >= 0.6 is 0 Å². The number of anilines is 2. The number of benzene rings is 2. The second-order valence-electron chi connectivity index (χ2n) is 5.98. The third kappa shape index (κ3) is 2.80. The Hall–Kier alpha value is -2.91. The van der Waals surface area contributed by atoms with Gasteiger partial charge in [0.2, 0.25) is 0 Å². The van der Waals surface area contributed by atoms with Crippen LogP contribution in [-0.4, -0.2) is 43.9 Å². The van der Waals surface area contributed by atoms with Crippen molar-refractivity contribution in [3.63, 3.8) is 0 Å². The third-order valence-electron chi connectivity index (χ3n) is 4.32. The first-order valence-corrected chi connectivity index (χ1v) is 9.35. The van der Waals surface area contributed by atoms with Gasteiger partial charge in [-0.15, -0.1) is 0 Å². The Morgan fingerprint density at radius 1 is 1.15 bits per heavy atom. The molecule has 134 valence electrons. The molecule has 2 heterocycles. The van der Waals surface area contributed by atoms with E-state index in [4.69, 9.17) is 4.52 Å². The molecule has 2 aromatic carbocycles. The van der Waals surface area contributed by atoms with E-state index in [1.807, 2.05) is 0 Å². The van der Waals surface area contributed by atoms with Crippen molar-refractivity contribution in [3.05, 3.63) is 54.2 Å². The minimum atomic E-state index is -3.47. The van der Waals surface area contributed by atoms with E-state index in [9.17, 15) is 13.2 Å².